The standard InChI is InChI=1S/C26H24BrN7O5/c1-38-17-9-13(26(37)39-2)6-14-21-23(28)29-11-30-24(21)33(22(14)17)10-20(35)34-15-7-12(15)8-16(34)25(36)32-19-5-3-4-18(27)31-19/h3-6,9,11-12,15-16H,7-8,10H2,1-2H3,(H2,28,29,30)(H,31,32,36)/t12?,15-,16+/m1/s1. The number of ether oxygens (including phenoxy) is 2. The molecule has 1 saturated heterocycles. The van der Waals surface area contributed by atoms with Gasteiger partial charge in [0.1, 0.15) is 46.5 Å². The third kappa shape index (κ3) is 4.22. The molecule has 3 aromatic heterocycles. The van der Waals surface area contributed by atoms with E-state index in [1.807, 2.05) is 0 Å². The van der Waals surface area contributed by atoms with E-state index in [1.165, 1.54) is 20.5 Å². The molecular formula is C26H24BrN7O5. The third-order valence-electron chi connectivity index (χ3n) is 7.32. The summed E-state index contributed by atoms with van der Waals surface area (Å²) >= 11 is 3.31. The Morgan fingerprint density at radius 1 is 1.18 bits per heavy atom. The van der Waals surface area contributed by atoms with Crippen LogP contribution >= 0.6 is 15.9 Å². The van der Waals surface area contributed by atoms with E-state index in [9.17, 15) is 14.4 Å². The second kappa shape index (κ2) is 9.49. The Morgan fingerprint density at radius 2 is 2.00 bits per heavy atom. The minimum absolute atomic E-state index is 0.00401. The molecule has 0 spiro atoms. The molecule has 4 heterocycles. The molecule has 0 radical (unpaired) electrons. The van der Waals surface area contributed by atoms with Crippen LogP contribution in [0.25, 0.3) is 21.9 Å². The van der Waals surface area contributed by atoms with Crippen LogP contribution in [0.3, 0.4) is 0 Å². The fourth-order valence-corrected chi connectivity index (χ4v) is 5.88. The first kappa shape index (κ1) is 25.0. The molecule has 39 heavy (non-hydrogen) atoms. The minimum atomic E-state index is -0.623. The first-order chi connectivity index (χ1) is 18.8. The van der Waals surface area contributed by atoms with E-state index in [4.69, 9.17) is 15.2 Å². The number of carbonyl (C=O) groups excluding carboxylic acids is 3. The van der Waals surface area contributed by atoms with Gasteiger partial charge < -0.3 is 30.0 Å². The summed E-state index contributed by atoms with van der Waals surface area (Å²) in [5.74, 6) is 0.165. The van der Waals surface area contributed by atoms with Gasteiger partial charge in [-0.1, -0.05) is 6.07 Å². The summed E-state index contributed by atoms with van der Waals surface area (Å²) in [5.41, 5.74) is 7.44. The van der Waals surface area contributed by atoms with Crippen LogP contribution in [-0.4, -0.2) is 68.5 Å². The first-order valence-corrected chi connectivity index (χ1v) is 13.0. The van der Waals surface area contributed by atoms with Gasteiger partial charge in [0.15, 0.2) is 0 Å². The monoisotopic (exact) mass is 593 g/mol. The molecule has 200 valence electrons. The number of pyridine rings is 1. The van der Waals surface area contributed by atoms with Crippen LogP contribution in [-0.2, 0) is 20.9 Å². The Morgan fingerprint density at radius 3 is 2.74 bits per heavy atom. The zero-order valence-corrected chi connectivity index (χ0v) is 22.6. The van der Waals surface area contributed by atoms with Crippen molar-refractivity contribution >= 4 is 67.3 Å². The van der Waals surface area contributed by atoms with Gasteiger partial charge in [-0.25, -0.2) is 19.7 Å². The summed E-state index contributed by atoms with van der Waals surface area (Å²) in [6.07, 6.45) is 2.77. The maximum absolute atomic E-state index is 13.9. The van der Waals surface area contributed by atoms with Gasteiger partial charge in [-0.05, 0) is 59.0 Å². The van der Waals surface area contributed by atoms with Crippen molar-refractivity contribution in [2.45, 2.75) is 31.5 Å². The molecular weight excluding hydrogens is 570 g/mol. The second-order valence-electron chi connectivity index (χ2n) is 9.56. The molecule has 2 fully saturated rings. The fourth-order valence-electron chi connectivity index (χ4n) is 5.53. The molecule has 1 aliphatic carbocycles. The second-order valence-corrected chi connectivity index (χ2v) is 10.4. The van der Waals surface area contributed by atoms with E-state index < -0.39 is 12.0 Å². The molecule has 3 atom stereocenters. The topological polar surface area (TPSA) is 155 Å². The van der Waals surface area contributed by atoms with Crippen molar-refractivity contribution in [3.63, 3.8) is 0 Å². The van der Waals surface area contributed by atoms with Crippen molar-refractivity contribution in [2.24, 2.45) is 5.92 Å². The number of nitrogens with zero attached hydrogens (tertiary/aromatic N) is 5. The number of nitrogen functional groups attached to an aromatic ring is 1. The van der Waals surface area contributed by atoms with Gasteiger partial charge in [0.05, 0.1) is 30.7 Å². The number of halogens is 1. The van der Waals surface area contributed by atoms with Crippen molar-refractivity contribution in [3.05, 3.63) is 46.8 Å². The highest BCUT2D eigenvalue weighted by Crippen LogP contribution is 2.48. The summed E-state index contributed by atoms with van der Waals surface area (Å²) in [4.78, 5) is 53.9. The SMILES string of the molecule is COC(=O)c1cc(OC)c2c(c1)c1c(N)ncnc1n2CC(=O)N1[C@@H]2CC2C[C@H]1C(=O)Nc1cccc(Br)n1. The van der Waals surface area contributed by atoms with Gasteiger partial charge in [-0.2, -0.15) is 0 Å². The van der Waals surface area contributed by atoms with Crippen LogP contribution in [0.4, 0.5) is 11.6 Å². The van der Waals surface area contributed by atoms with Crippen LogP contribution in [0.2, 0.25) is 0 Å². The number of hydrogen-bond acceptors (Lipinski definition) is 9. The summed E-state index contributed by atoms with van der Waals surface area (Å²) < 4.78 is 12.8. The smallest absolute Gasteiger partial charge is 0.338 e. The Balaban J connectivity index is 1.38. The number of nitrogens with one attached hydrogen (secondary N) is 1. The minimum Gasteiger partial charge on any atom is -0.495 e. The Kier molecular flexibility index (Phi) is 6.09. The van der Waals surface area contributed by atoms with Crippen molar-refractivity contribution in [2.75, 3.05) is 25.3 Å². The summed E-state index contributed by atoms with van der Waals surface area (Å²) in [5, 5.41) is 3.88. The predicted octanol–water partition coefficient (Wildman–Crippen LogP) is 2.75. The van der Waals surface area contributed by atoms with Crippen LogP contribution in [0.1, 0.15) is 23.2 Å². The number of anilines is 2. The Bertz CT molecular complexity index is 1670. The van der Waals surface area contributed by atoms with Gasteiger partial charge in [-0.15, -0.1) is 0 Å². The lowest BCUT2D eigenvalue weighted by molar-refractivity contribution is -0.138. The van der Waals surface area contributed by atoms with Gasteiger partial charge in [0.2, 0.25) is 11.8 Å². The first-order valence-electron chi connectivity index (χ1n) is 12.2. The maximum Gasteiger partial charge on any atom is 0.338 e. The van der Waals surface area contributed by atoms with Crippen molar-refractivity contribution in [3.8, 4) is 5.75 Å². The molecule has 1 aliphatic heterocycles. The molecule has 4 aromatic rings. The molecule has 13 heteroatoms. The van der Waals surface area contributed by atoms with E-state index in [0.29, 0.717) is 44.5 Å². The lowest BCUT2D eigenvalue weighted by Gasteiger charge is -2.27. The number of amides is 2. The maximum atomic E-state index is 13.9. The number of likely N-dealkylation sites (tertiary alicyclic amines) is 1. The number of rotatable bonds is 6. The molecule has 6 rings (SSSR count). The lowest BCUT2D eigenvalue weighted by Crippen LogP contribution is -2.46. The Hall–Kier alpha value is -4.26. The van der Waals surface area contributed by atoms with Crippen LogP contribution in [0.5, 0.6) is 5.75 Å². The highest BCUT2D eigenvalue weighted by Gasteiger charge is 2.56. The van der Waals surface area contributed by atoms with E-state index in [0.717, 1.165) is 6.42 Å². The number of esters is 1. The summed E-state index contributed by atoms with van der Waals surface area (Å²) in [7, 11) is 2.76. The summed E-state index contributed by atoms with van der Waals surface area (Å²) in [6, 6.07) is 7.79. The van der Waals surface area contributed by atoms with Crippen LogP contribution in [0.15, 0.2) is 41.3 Å². The average Bonchev–Trinajstić information content (AvgIpc) is 3.47. The van der Waals surface area contributed by atoms with Gasteiger partial charge in [0, 0.05) is 11.4 Å². The zero-order valence-electron chi connectivity index (χ0n) is 21.1. The van der Waals surface area contributed by atoms with Crippen molar-refractivity contribution in [1.82, 2.24) is 24.4 Å². The van der Waals surface area contributed by atoms with E-state index in [2.05, 4.69) is 36.2 Å². The average molecular weight is 594 g/mol. The van der Waals surface area contributed by atoms with E-state index in [1.54, 1.807) is 39.8 Å². The lowest BCUT2D eigenvalue weighted by atomic mass is 10.1. The van der Waals surface area contributed by atoms with Gasteiger partial charge in [0.25, 0.3) is 0 Å². The van der Waals surface area contributed by atoms with Crippen LogP contribution < -0.4 is 15.8 Å². The number of benzene rings is 1. The predicted molar refractivity (Wildman–Crippen MR) is 145 cm³/mol. The fraction of sp³-hybridized carbons (Fsp3) is 0.308. The quantitative estimate of drug-likeness (QED) is 0.253. The molecule has 1 unspecified atom stereocenters. The zero-order chi connectivity index (χ0) is 27.4. The molecule has 1 saturated carbocycles. The molecule has 1 aromatic carbocycles. The number of piperidine rings is 1. The van der Waals surface area contributed by atoms with Crippen LogP contribution in [0, 0.1) is 5.92 Å². The molecule has 2 aliphatic rings. The number of hydrogen-bond donors (Lipinski definition) is 2. The number of nitrogens with two attached hydrogens (primary N) is 1. The highest BCUT2D eigenvalue weighted by atomic mass is 79.9. The number of aromatic nitrogens is 4. The van der Waals surface area contributed by atoms with Crippen molar-refractivity contribution in [1.29, 1.82) is 0 Å². The number of fused-ring (bicyclic) bond motifs is 4. The molecule has 3 N–H and O–H groups in total. The van der Waals surface area contributed by atoms with Gasteiger partial charge in [-0.3, -0.25) is 9.59 Å². The summed E-state index contributed by atoms with van der Waals surface area (Å²) in [6.45, 7) is -0.119. The van der Waals surface area contributed by atoms with E-state index in [-0.39, 0.29) is 41.7 Å². The largest absolute Gasteiger partial charge is 0.495 e. The molecule has 12 nitrogen and oxygen atoms in total. The number of methoxy groups -OCH3 is 2. The Labute approximate surface area is 230 Å². The highest BCUT2D eigenvalue weighted by molar-refractivity contribution is 9.10. The van der Waals surface area contributed by atoms with Gasteiger partial charge >= 0.3 is 5.97 Å². The van der Waals surface area contributed by atoms with Crippen molar-refractivity contribution < 1.29 is 23.9 Å². The molecule has 2 amide bonds. The normalized spacial score (nSPS) is 19.7. The third-order valence-corrected chi connectivity index (χ3v) is 7.76. The number of carbonyl (C=O) groups is 3. The van der Waals surface area contributed by atoms with E-state index >= 15 is 0 Å². The molecule has 0 bridgehead atoms.